The van der Waals surface area contributed by atoms with Crippen LogP contribution in [0.2, 0.25) is 0 Å². The maximum absolute atomic E-state index is 13.4. The molecule has 25 heavy (non-hydrogen) atoms. The van der Waals surface area contributed by atoms with Crippen molar-refractivity contribution >= 4 is 28.9 Å². The predicted molar refractivity (Wildman–Crippen MR) is 82.8 cm³/mol. The number of nitrogen functional groups attached to an aromatic ring is 1. The molecule has 0 saturated carbocycles. The number of carbonyl (C=O) groups excluding carboxylic acids is 2. The molecule has 2 aromatic rings. The molecule has 0 atom stereocenters. The van der Waals surface area contributed by atoms with Crippen LogP contribution in [-0.4, -0.2) is 23.4 Å². The fourth-order valence-electron chi connectivity index (χ4n) is 1.84. The number of hydrogen-bond acceptors (Lipinski definition) is 6. The Morgan fingerprint density at radius 2 is 1.84 bits per heavy atom. The molecule has 3 N–H and O–H groups in total. The molecule has 0 bridgehead atoms. The van der Waals surface area contributed by atoms with Crippen molar-refractivity contribution in [3.63, 3.8) is 0 Å². The van der Waals surface area contributed by atoms with Gasteiger partial charge >= 0.3 is 5.97 Å². The van der Waals surface area contributed by atoms with Crippen LogP contribution >= 0.6 is 0 Å². The summed E-state index contributed by atoms with van der Waals surface area (Å²) in [4.78, 5) is 33.5. The topological polar surface area (TPSA) is 125 Å². The van der Waals surface area contributed by atoms with Crippen molar-refractivity contribution in [2.75, 3.05) is 17.7 Å². The van der Waals surface area contributed by atoms with E-state index in [1.807, 2.05) is 5.32 Å². The molecule has 2 aromatic carbocycles. The molecule has 0 radical (unpaired) electrons. The van der Waals surface area contributed by atoms with Gasteiger partial charge in [-0.2, -0.15) is 0 Å². The van der Waals surface area contributed by atoms with Crippen molar-refractivity contribution in [2.24, 2.45) is 0 Å². The molecule has 0 aliphatic carbocycles. The van der Waals surface area contributed by atoms with E-state index in [2.05, 4.69) is 4.74 Å². The molecule has 0 aliphatic heterocycles. The number of halogens is 2. The lowest BCUT2D eigenvalue weighted by atomic mass is 10.1. The van der Waals surface area contributed by atoms with E-state index in [9.17, 15) is 28.5 Å². The summed E-state index contributed by atoms with van der Waals surface area (Å²) < 4.78 is 31.5. The number of carbonyl (C=O) groups is 2. The zero-order valence-electron chi connectivity index (χ0n) is 12.5. The highest BCUT2D eigenvalue weighted by molar-refractivity contribution is 5.98. The third kappa shape index (κ3) is 4.25. The van der Waals surface area contributed by atoms with E-state index in [1.54, 1.807) is 0 Å². The number of amides is 1. The van der Waals surface area contributed by atoms with Crippen molar-refractivity contribution in [3.05, 3.63) is 63.7 Å². The Morgan fingerprint density at radius 3 is 2.44 bits per heavy atom. The van der Waals surface area contributed by atoms with Gasteiger partial charge in [-0.3, -0.25) is 14.9 Å². The molecule has 0 aromatic heterocycles. The second kappa shape index (κ2) is 7.34. The van der Waals surface area contributed by atoms with Crippen molar-refractivity contribution < 1.29 is 28.0 Å². The second-order valence-corrected chi connectivity index (χ2v) is 4.75. The normalized spacial score (nSPS) is 10.2. The summed E-state index contributed by atoms with van der Waals surface area (Å²) in [5.74, 6) is -4.09. The Hall–Kier alpha value is -3.56. The van der Waals surface area contributed by atoms with Crippen LogP contribution < -0.4 is 11.1 Å². The molecule has 0 aliphatic rings. The highest BCUT2D eigenvalue weighted by Gasteiger charge is 2.18. The number of benzene rings is 2. The minimum atomic E-state index is -1.09. The van der Waals surface area contributed by atoms with E-state index in [0.29, 0.717) is 0 Å². The molecule has 0 heterocycles. The van der Waals surface area contributed by atoms with Gasteiger partial charge in [0, 0.05) is 17.8 Å². The highest BCUT2D eigenvalue weighted by Crippen LogP contribution is 2.21. The Labute approximate surface area is 139 Å². The summed E-state index contributed by atoms with van der Waals surface area (Å²) in [6.45, 7) is -0.866. The molecule has 10 heteroatoms. The average molecular weight is 351 g/mol. The van der Waals surface area contributed by atoms with Crippen LogP contribution in [0.25, 0.3) is 0 Å². The number of non-ortho nitro benzene ring substituents is 1. The minimum Gasteiger partial charge on any atom is -0.452 e. The van der Waals surface area contributed by atoms with E-state index in [4.69, 9.17) is 5.73 Å². The Morgan fingerprint density at radius 1 is 1.20 bits per heavy atom. The first-order valence-corrected chi connectivity index (χ1v) is 6.74. The van der Waals surface area contributed by atoms with Gasteiger partial charge in [0.05, 0.1) is 10.5 Å². The Bertz CT molecular complexity index is 837. The van der Waals surface area contributed by atoms with Crippen LogP contribution in [0, 0.1) is 21.7 Å². The Kier molecular flexibility index (Phi) is 5.22. The van der Waals surface area contributed by atoms with Gasteiger partial charge in [0.15, 0.2) is 6.61 Å². The fraction of sp³-hybridized carbons (Fsp3) is 0.0667. The summed E-state index contributed by atoms with van der Waals surface area (Å²) in [5, 5.41) is 12.6. The maximum atomic E-state index is 13.4. The van der Waals surface area contributed by atoms with Gasteiger partial charge in [-0.05, 0) is 18.2 Å². The lowest BCUT2D eigenvalue weighted by Gasteiger charge is -2.09. The lowest BCUT2D eigenvalue weighted by Crippen LogP contribution is -2.22. The molecule has 0 saturated heterocycles. The number of hydrogen-bond donors (Lipinski definition) is 2. The van der Waals surface area contributed by atoms with Crippen molar-refractivity contribution in [3.8, 4) is 0 Å². The van der Waals surface area contributed by atoms with Crippen LogP contribution in [0.1, 0.15) is 10.4 Å². The number of esters is 1. The zero-order valence-corrected chi connectivity index (χ0v) is 12.5. The standard InChI is InChI=1S/C15H11F2N3O5/c16-10-2-1-3-11(17)14(10)19-13(21)7-25-15(22)9-6-8(20(23)24)4-5-12(9)18/h1-6H,7,18H2,(H,19,21). The van der Waals surface area contributed by atoms with Gasteiger partial charge < -0.3 is 15.8 Å². The smallest absolute Gasteiger partial charge is 0.341 e. The van der Waals surface area contributed by atoms with Crippen molar-refractivity contribution in [1.29, 1.82) is 0 Å². The SMILES string of the molecule is Nc1ccc([N+](=O)[O-])cc1C(=O)OCC(=O)Nc1c(F)cccc1F. The number of nitrogens with one attached hydrogen (secondary N) is 1. The summed E-state index contributed by atoms with van der Waals surface area (Å²) in [6.07, 6.45) is 0. The molecule has 2 rings (SSSR count). The first-order valence-electron chi connectivity index (χ1n) is 6.74. The predicted octanol–water partition coefficient (Wildman–Crippen LogP) is 2.25. The van der Waals surface area contributed by atoms with Crippen LogP contribution in [0.3, 0.4) is 0 Å². The summed E-state index contributed by atoms with van der Waals surface area (Å²) in [7, 11) is 0. The molecular weight excluding hydrogens is 340 g/mol. The van der Waals surface area contributed by atoms with Crippen LogP contribution in [0.5, 0.6) is 0 Å². The van der Waals surface area contributed by atoms with E-state index >= 15 is 0 Å². The molecule has 0 fully saturated rings. The molecular formula is C15H11F2N3O5. The Balaban J connectivity index is 2.04. The van der Waals surface area contributed by atoms with E-state index < -0.39 is 40.7 Å². The van der Waals surface area contributed by atoms with Crippen LogP contribution in [-0.2, 0) is 9.53 Å². The third-order valence-electron chi connectivity index (χ3n) is 3.03. The first kappa shape index (κ1) is 17.8. The summed E-state index contributed by atoms with van der Waals surface area (Å²) in [5.41, 5.74) is 4.07. The van der Waals surface area contributed by atoms with Gasteiger partial charge in [-0.15, -0.1) is 0 Å². The molecule has 0 spiro atoms. The number of nitrogens with two attached hydrogens (primary N) is 1. The summed E-state index contributed by atoms with van der Waals surface area (Å²) in [6, 6.07) is 6.13. The zero-order chi connectivity index (χ0) is 18.6. The molecule has 0 unspecified atom stereocenters. The minimum absolute atomic E-state index is 0.0869. The first-order chi connectivity index (χ1) is 11.8. The van der Waals surface area contributed by atoms with Gasteiger partial charge in [0.25, 0.3) is 11.6 Å². The largest absolute Gasteiger partial charge is 0.452 e. The van der Waals surface area contributed by atoms with E-state index in [1.165, 1.54) is 0 Å². The van der Waals surface area contributed by atoms with Crippen LogP contribution in [0.15, 0.2) is 36.4 Å². The average Bonchev–Trinajstić information content (AvgIpc) is 2.56. The molecule has 1 amide bonds. The van der Waals surface area contributed by atoms with Crippen molar-refractivity contribution in [1.82, 2.24) is 0 Å². The molecule has 8 nitrogen and oxygen atoms in total. The van der Waals surface area contributed by atoms with E-state index in [0.717, 1.165) is 36.4 Å². The number of para-hydroxylation sites is 1. The fourth-order valence-corrected chi connectivity index (χ4v) is 1.84. The van der Waals surface area contributed by atoms with Gasteiger partial charge in [-0.1, -0.05) is 6.07 Å². The number of anilines is 2. The second-order valence-electron chi connectivity index (χ2n) is 4.75. The number of rotatable bonds is 5. The van der Waals surface area contributed by atoms with E-state index in [-0.39, 0.29) is 16.9 Å². The van der Waals surface area contributed by atoms with Crippen molar-refractivity contribution in [2.45, 2.75) is 0 Å². The number of nitro benzene ring substituents is 1. The highest BCUT2D eigenvalue weighted by atomic mass is 19.1. The summed E-state index contributed by atoms with van der Waals surface area (Å²) >= 11 is 0. The van der Waals surface area contributed by atoms with Crippen LogP contribution in [0.4, 0.5) is 25.8 Å². The number of nitro groups is 1. The number of ether oxygens (including phenoxy) is 1. The van der Waals surface area contributed by atoms with Gasteiger partial charge in [-0.25, -0.2) is 13.6 Å². The third-order valence-corrected chi connectivity index (χ3v) is 3.03. The number of nitrogens with zero attached hydrogens (tertiary/aromatic N) is 1. The van der Waals surface area contributed by atoms with Gasteiger partial charge in [0.2, 0.25) is 0 Å². The quantitative estimate of drug-likeness (QED) is 0.368. The maximum Gasteiger partial charge on any atom is 0.341 e. The van der Waals surface area contributed by atoms with Gasteiger partial charge in [0.1, 0.15) is 17.3 Å². The molecule has 130 valence electrons. The lowest BCUT2D eigenvalue weighted by molar-refractivity contribution is -0.384. The monoisotopic (exact) mass is 351 g/mol.